The van der Waals surface area contributed by atoms with Crippen molar-refractivity contribution in [1.82, 2.24) is 29.5 Å². The SMILES string of the molecule is [C-]#[N+]c1cc2[nH]c(-c3cnn4ccc(N5CCC[C@@H]5c5cc(F)ccc5F)nc34)nc2cc1N1CCN(C)CC1. The Hall–Kier alpha value is -4.56. The lowest BCUT2D eigenvalue weighted by Gasteiger charge is -2.34. The first-order valence-electron chi connectivity index (χ1n) is 13.4. The highest BCUT2D eigenvalue weighted by atomic mass is 19.1. The Morgan fingerprint density at radius 3 is 2.70 bits per heavy atom. The van der Waals surface area contributed by atoms with E-state index < -0.39 is 11.6 Å². The van der Waals surface area contributed by atoms with Gasteiger partial charge in [0.2, 0.25) is 5.69 Å². The molecule has 5 aromatic rings. The molecule has 0 unspecified atom stereocenters. The van der Waals surface area contributed by atoms with Crippen LogP contribution in [0, 0.1) is 18.2 Å². The third-order valence-electron chi connectivity index (χ3n) is 8.02. The molecule has 0 saturated carbocycles. The molecule has 2 fully saturated rings. The van der Waals surface area contributed by atoms with Crippen LogP contribution in [0.25, 0.3) is 32.9 Å². The third-order valence-corrected chi connectivity index (χ3v) is 8.02. The fourth-order valence-electron chi connectivity index (χ4n) is 5.87. The maximum atomic E-state index is 14.7. The van der Waals surface area contributed by atoms with Crippen molar-refractivity contribution in [3.05, 3.63) is 77.4 Å². The number of fused-ring (bicyclic) bond motifs is 2. The Bertz CT molecular complexity index is 1780. The molecule has 0 spiro atoms. The van der Waals surface area contributed by atoms with Crippen molar-refractivity contribution >= 4 is 33.9 Å². The predicted molar refractivity (Wildman–Crippen MR) is 150 cm³/mol. The zero-order valence-corrected chi connectivity index (χ0v) is 22.0. The van der Waals surface area contributed by atoms with Crippen LogP contribution in [0.3, 0.4) is 0 Å². The van der Waals surface area contributed by atoms with Crippen LogP contribution < -0.4 is 9.80 Å². The number of rotatable bonds is 4. The Morgan fingerprint density at radius 2 is 1.88 bits per heavy atom. The van der Waals surface area contributed by atoms with Crippen LogP contribution in [0.4, 0.5) is 26.0 Å². The van der Waals surface area contributed by atoms with Crippen LogP contribution in [0.15, 0.2) is 48.8 Å². The van der Waals surface area contributed by atoms with Gasteiger partial charge in [0.15, 0.2) is 5.65 Å². The minimum atomic E-state index is -0.452. The van der Waals surface area contributed by atoms with E-state index in [1.807, 2.05) is 29.3 Å². The summed E-state index contributed by atoms with van der Waals surface area (Å²) < 4.78 is 30.3. The number of benzene rings is 2. The maximum absolute atomic E-state index is 14.7. The molecule has 0 bridgehead atoms. The van der Waals surface area contributed by atoms with Gasteiger partial charge in [0.05, 0.1) is 35.4 Å². The van der Waals surface area contributed by atoms with E-state index in [2.05, 4.69) is 31.8 Å². The molecule has 0 aliphatic carbocycles. The van der Waals surface area contributed by atoms with Gasteiger partial charge in [-0.25, -0.2) is 28.1 Å². The van der Waals surface area contributed by atoms with Gasteiger partial charge in [0, 0.05) is 50.2 Å². The first kappa shape index (κ1) is 24.5. The van der Waals surface area contributed by atoms with Crippen molar-refractivity contribution in [2.45, 2.75) is 18.9 Å². The number of hydrogen-bond donors (Lipinski definition) is 1. The summed E-state index contributed by atoms with van der Waals surface area (Å²) in [5.74, 6) is 0.410. The van der Waals surface area contributed by atoms with Gasteiger partial charge in [-0.3, -0.25) is 0 Å². The first-order valence-corrected chi connectivity index (χ1v) is 13.4. The van der Waals surface area contributed by atoms with Crippen molar-refractivity contribution in [2.75, 3.05) is 49.6 Å². The second-order valence-electron chi connectivity index (χ2n) is 10.5. The number of piperazine rings is 1. The summed E-state index contributed by atoms with van der Waals surface area (Å²) in [7, 11) is 2.11. The van der Waals surface area contributed by atoms with E-state index in [1.54, 1.807) is 10.7 Å². The van der Waals surface area contributed by atoms with Crippen LogP contribution in [-0.4, -0.2) is 69.2 Å². The molecule has 11 heteroatoms. The Labute approximate surface area is 229 Å². The molecule has 3 aromatic heterocycles. The minimum absolute atomic E-state index is 0.303. The molecule has 0 amide bonds. The topological polar surface area (TPSA) is 72.9 Å². The molecular weight excluding hydrogens is 512 g/mol. The number of halogens is 2. The second kappa shape index (κ2) is 9.57. The highest BCUT2D eigenvalue weighted by molar-refractivity contribution is 5.91. The van der Waals surface area contributed by atoms with Gasteiger partial charge < -0.3 is 19.7 Å². The van der Waals surface area contributed by atoms with Crippen molar-refractivity contribution in [1.29, 1.82) is 0 Å². The molecule has 2 aromatic carbocycles. The molecule has 9 nitrogen and oxygen atoms in total. The van der Waals surface area contributed by atoms with E-state index in [0.717, 1.165) is 61.0 Å². The normalized spacial score (nSPS) is 18.2. The molecule has 7 rings (SSSR count). The molecule has 1 N–H and O–H groups in total. The van der Waals surface area contributed by atoms with Crippen LogP contribution in [0.1, 0.15) is 24.4 Å². The Balaban J connectivity index is 1.26. The second-order valence-corrected chi connectivity index (χ2v) is 10.5. The predicted octanol–water partition coefficient (Wildman–Crippen LogP) is 5.19. The molecule has 1 atom stereocenters. The van der Waals surface area contributed by atoms with Gasteiger partial charge in [-0.1, -0.05) is 0 Å². The smallest absolute Gasteiger partial charge is 0.211 e. The zero-order valence-electron chi connectivity index (χ0n) is 22.0. The van der Waals surface area contributed by atoms with E-state index in [1.165, 1.54) is 12.1 Å². The monoisotopic (exact) mass is 539 g/mol. The molecular formula is C29H27F2N9. The lowest BCUT2D eigenvalue weighted by Crippen LogP contribution is -2.44. The van der Waals surface area contributed by atoms with Crippen LogP contribution in [0.2, 0.25) is 0 Å². The summed E-state index contributed by atoms with van der Waals surface area (Å²) in [6.45, 7) is 12.1. The van der Waals surface area contributed by atoms with Crippen LogP contribution >= 0.6 is 0 Å². The molecule has 2 aliphatic heterocycles. The van der Waals surface area contributed by atoms with Gasteiger partial charge in [-0.2, -0.15) is 5.10 Å². The summed E-state index contributed by atoms with van der Waals surface area (Å²) in [6.07, 6.45) is 5.10. The van der Waals surface area contributed by atoms with E-state index in [9.17, 15) is 8.78 Å². The van der Waals surface area contributed by atoms with Crippen molar-refractivity contribution < 1.29 is 8.78 Å². The number of nitrogens with zero attached hydrogens (tertiary/aromatic N) is 8. The van der Waals surface area contributed by atoms with Crippen LogP contribution in [-0.2, 0) is 0 Å². The summed E-state index contributed by atoms with van der Waals surface area (Å²) in [5.41, 5.74) is 4.71. The number of anilines is 2. The quantitative estimate of drug-likeness (QED) is 0.317. The number of imidazole rings is 1. The summed E-state index contributed by atoms with van der Waals surface area (Å²) in [6, 6.07) is 9.00. The van der Waals surface area contributed by atoms with Gasteiger partial charge in [-0.05, 0) is 56.3 Å². The summed E-state index contributed by atoms with van der Waals surface area (Å²) >= 11 is 0. The Kier molecular flexibility index (Phi) is 5.86. The number of hydrogen-bond acceptors (Lipinski definition) is 6. The number of aromatic nitrogens is 5. The van der Waals surface area contributed by atoms with E-state index >= 15 is 0 Å². The van der Waals surface area contributed by atoms with E-state index in [4.69, 9.17) is 16.5 Å². The number of H-pyrrole nitrogens is 1. The zero-order chi connectivity index (χ0) is 27.4. The lowest BCUT2D eigenvalue weighted by molar-refractivity contribution is 0.313. The average Bonchev–Trinajstić information content (AvgIpc) is 3.71. The summed E-state index contributed by atoms with van der Waals surface area (Å²) in [5, 5.41) is 4.47. The molecule has 2 saturated heterocycles. The molecule has 2 aliphatic rings. The van der Waals surface area contributed by atoms with Crippen molar-refractivity contribution in [2.24, 2.45) is 0 Å². The van der Waals surface area contributed by atoms with Gasteiger partial charge >= 0.3 is 0 Å². The fraction of sp³-hybridized carbons (Fsp3) is 0.310. The Morgan fingerprint density at radius 1 is 1.02 bits per heavy atom. The highest BCUT2D eigenvalue weighted by Gasteiger charge is 2.30. The molecule has 40 heavy (non-hydrogen) atoms. The average molecular weight is 540 g/mol. The van der Waals surface area contributed by atoms with Gasteiger partial charge in [-0.15, -0.1) is 0 Å². The van der Waals surface area contributed by atoms with E-state index in [-0.39, 0.29) is 6.04 Å². The largest absolute Gasteiger partial charge is 0.378 e. The van der Waals surface area contributed by atoms with E-state index in [0.29, 0.717) is 41.5 Å². The highest BCUT2D eigenvalue weighted by Crippen LogP contribution is 2.38. The molecule has 202 valence electrons. The molecule has 5 heterocycles. The fourth-order valence-corrected chi connectivity index (χ4v) is 5.87. The standard InChI is InChI=1S/C29H27F2N9/c1-32-24-15-22-23(16-26(24)38-12-10-37(2)11-13-38)35-28(34-22)20-17-33-40-9-7-27(36-29(20)40)39-8-3-4-25(39)19-14-18(30)5-6-21(19)31/h5-7,9,14-17,25H,3-4,8,10-13H2,2H3,(H,34,35)/t25-/m1/s1. The van der Waals surface area contributed by atoms with Gasteiger partial charge in [0.1, 0.15) is 23.3 Å². The minimum Gasteiger partial charge on any atom is -0.378 e. The summed E-state index contributed by atoms with van der Waals surface area (Å²) in [4.78, 5) is 23.5. The molecule has 0 radical (unpaired) electrons. The first-order chi connectivity index (χ1) is 19.5. The maximum Gasteiger partial charge on any atom is 0.211 e. The number of aromatic amines is 1. The number of likely N-dealkylation sites (N-methyl/N-ethyl adjacent to an activating group) is 1. The van der Waals surface area contributed by atoms with Crippen molar-refractivity contribution in [3.63, 3.8) is 0 Å². The van der Waals surface area contributed by atoms with Crippen molar-refractivity contribution in [3.8, 4) is 11.4 Å². The third kappa shape index (κ3) is 4.12. The van der Waals surface area contributed by atoms with Gasteiger partial charge in [0.25, 0.3) is 0 Å². The number of nitrogens with one attached hydrogen (secondary N) is 1. The van der Waals surface area contributed by atoms with Crippen LogP contribution in [0.5, 0.6) is 0 Å². The lowest BCUT2D eigenvalue weighted by atomic mass is 10.0.